The molecule has 0 unspecified atom stereocenters. The van der Waals surface area contributed by atoms with E-state index in [1.165, 1.54) is 0 Å². The normalized spacial score (nSPS) is 14.5. The van der Waals surface area contributed by atoms with Crippen molar-refractivity contribution in [2.24, 2.45) is 0 Å². The van der Waals surface area contributed by atoms with Crippen LogP contribution in [0.5, 0.6) is 0 Å². The molecule has 17 heteroatoms. The topological polar surface area (TPSA) is 18.5 Å². The number of alkyl halides is 14. The molecule has 0 aliphatic carbocycles. The van der Waals surface area contributed by atoms with Gasteiger partial charge in [0.2, 0.25) is 0 Å². The molecular formula is C26H42F14O2Sn. The van der Waals surface area contributed by atoms with E-state index in [1.807, 2.05) is 13.8 Å². The van der Waals surface area contributed by atoms with E-state index in [0.717, 1.165) is 25.7 Å². The van der Waals surface area contributed by atoms with Crippen LogP contribution in [0.3, 0.4) is 0 Å². The molecule has 0 heterocycles. The molecule has 0 aliphatic rings. The zero-order valence-corrected chi connectivity index (χ0v) is 27.2. The van der Waals surface area contributed by atoms with Crippen LogP contribution >= 0.6 is 0 Å². The van der Waals surface area contributed by atoms with Crippen LogP contribution in [0.1, 0.15) is 104 Å². The molecule has 2 nitrogen and oxygen atoms in total. The molecule has 0 amide bonds. The number of hydrogen-bond donors (Lipinski definition) is 0. The molecule has 0 saturated carbocycles. The van der Waals surface area contributed by atoms with Gasteiger partial charge in [-0.15, -0.1) is 0 Å². The van der Waals surface area contributed by atoms with E-state index in [9.17, 15) is 43.9 Å². The van der Waals surface area contributed by atoms with Crippen LogP contribution in [0.25, 0.3) is 0 Å². The zero-order valence-electron chi connectivity index (χ0n) is 24.3. The third-order valence-corrected chi connectivity index (χ3v) is 17.0. The number of halogens is 14. The summed E-state index contributed by atoms with van der Waals surface area (Å²) in [5.41, 5.74) is 0. The first kappa shape index (κ1) is 42.7. The monoisotopic (exact) mass is 772 g/mol. The van der Waals surface area contributed by atoms with Gasteiger partial charge in [0.25, 0.3) is 0 Å². The molecule has 0 rings (SSSR count). The molecule has 0 aromatic heterocycles. The Hall–Kier alpha value is -0.261. The summed E-state index contributed by atoms with van der Waals surface area (Å²) < 4.78 is 195. The van der Waals surface area contributed by atoms with Crippen LogP contribution in [0.4, 0.5) is 61.5 Å². The van der Waals surface area contributed by atoms with Gasteiger partial charge in [-0.2, -0.15) is 0 Å². The van der Waals surface area contributed by atoms with E-state index in [-0.39, 0.29) is 12.8 Å². The van der Waals surface area contributed by atoms with Gasteiger partial charge in [0.05, 0.1) is 0 Å². The fourth-order valence-corrected chi connectivity index (χ4v) is 13.5. The Bertz CT molecular complexity index is 706. The van der Waals surface area contributed by atoms with Gasteiger partial charge in [-0.3, -0.25) is 0 Å². The van der Waals surface area contributed by atoms with Crippen molar-refractivity contribution in [2.45, 2.75) is 135 Å². The van der Waals surface area contributed by atoms with Crippen molar-refractivity contribution in [3.8, 4) is 0 Å². The summed E-state index contributed by atoms with van der Waals surface area (Å²) in [7, 11) is 0. The van der Waals surface area contributed by atoms with E-state index in [4.69, 9.17) is 0 Å². The maximum atomic E-state index is 15.4. The van der Waals surface area contributed by atoms with Crippen molar-refractivity contribution >= 4 is 19.2 Å². The third-order valence-electron chi connectivity index (χ3n) is 6.98. The SMILES string of the molecule is CCCCCCCCC[O][Sn]([O]CCCCCCCCC)([C](F)(F)C(F)(F)C(F)(F)CF)[C](F)(F)C(F)(F)C(F)(F)CF. The minimum absolute atomic E-state index is 0.00533. The molecule has 0 fully saturated rings. The molecule has 43 heavy (non-hydrogen) atoms. The third kappa shape index (κ3) is 9.87. The van der Waals surface area contributed by atoms with Crippen molar-refractivity contribution in [3.05, 3.63) is 0 Å². The molecule has 0 bridgehead atoms. The molecule has 0 N–H and O–H groups in total. The predicted octanol–water partition coefficient (Wildman–Crippen LogP) is 10.8. The van der Waals surface area contributed by atoms with Gasteiger partial charge in [-0.1, -0.05) is 0 Å². The van der Waals surface area contributed by atoms with Gasteiger partial charge in [0.1, 0.15) is 0 Å². The fraction of sp³-hybridized carbons (Fsp3) is 1.00. The Morgan fingerprint density at radius 3 is 0.930 bits per heavy atom. The molecule has 0 atom stereocenters. The first-order valence-corrected chi connectivity index (χ1v) is 19.6. The summed E-state index contributed by atoms with van der Waals surface area (Å²) in [5, 5.41) is 0. The number of hydrogen-bond acceptors (Lipinski definition) is 2. The Morgan fingerprint density at radius 1 is 0.419 bits per heavy atom. The Labute approximate surface area is 248 Å². The molecular weight excluding hydrogens is 729 g/mol. The van der Waals surface area contributed by atoms with Crippen molar-refractivity contribution in [2.75, 3.05) is 26.6 Å². The Morgan fingerprint density at radius 2 is 0.674 bits per heavy atom. The molecule has 0 aromatic carbocycles. The summed E-state index contributed by atoms with van der Waals surface area (Å²) in [5.74, 6) is -27.1. The van der Waals surface area contributed by atoms with Crippen LogP contribution in [0, 0.1) is 0 Å². The molecule has 0 saturated heterocycles. The summed E-state index contributed by atoms with van der Waals surface area (Å²) in [6.45, 7) is -6.21. The van der Waals surface area contributed by atoms with Gasteiger partial charge < -0.3 is 0 Å². The van der Waals surface area contributed by atoms with E-state index in [0.29, 0.717) is 38.5 Å². The fourth-order valence-electron chi connectivity index (χ4n) is 4.19. The molecule has 260 valence electrons. The van der Waals surface area contributed by atoms with Crippen LogP contribution in [-0.4, -0.2) is 77.3 Å². The van der Waals surface area contributed by atoms with E-state index < -0.39 is 90.2 Å². The first-order valence-electron chi connectivity index (χ1n) is 14.4. The van der Waals surface area contributed by atoms with Crippen LogP contribution < -0.4 is 0 Å². The second-order valence-electron chi connectivity index (χ2n) is 10.5. The molecule has 0 aliphatic heterocycles. The summed E-state index contributed by atoms with van der Waals surface area (Å²) in [6, 6.07) is 0. The maximum absolute atomic E-state index is 15.4. The molecule has 0 aromatic rings. The van der Waals surface area contributed by atoms with Gasteiger partial charge in [0, 0.05) is 0 Å². The first-order chi connectivity index (χ1) is 19.7. The van der Waals surface area contributed by atoms with Crippen molar-refractivity contribution in [1.29, 1.82) is 0 Å². The van der Waals surface area contributed by atoms with Gasteiger partial charge in [-0.05, 0) is 0 Å². The van der Waals surface area contributed by atoms with Gasteiger partial charge in [0.15, 0.2) is 0 Å². The summed E-state index contributed by atoms with van der Waals surface area (Å²) >= 11 is -9.52. The van der Waals surface area contributed by atoms with E-state index in [1.54, 1.807) is 0 Å². The van der Waals surface area contributed by atoms with Crippen LogP contribution in [-0.2, 0) is 6.15 Å². The second kappa shape index (κ2) is 18.2. The molecule has 0 radical (unpaired) electrons. The average Bonchev–Trinajstić information content (AvgIpc) is 2.93. The number of rotatable bonds is 26. The van der Waals surface area contributed by atoms with E-state index >= 15 is 17.6 Å². The van der Waals surface area contributed by atoms with Crippen molar-refractivity contribution < 1.29 is 67.6 Å². The number of unbranched alkanes of at least 4 members (excludes halogenated alkanes) is 12. The van der Waals surface area contributed by atoms with Gasteiger partial charge in [-0.25, -0.2) is 0 Å². The second-order valence-corrected chi connectivity index (χ2v) is 19.3. The standard InChI is InChI=1S/2C9H19O.2C4H2F7.Sn/c2*1-2-3-4-5-6-7-8-9-10;2*5-1-3(8,9)4(10,11)2(6)7;/h2*2-9H2,1H3;2*1H2;/q2*-1;;;+2. The summed E-state index contributed by atoms with van der Waals surface area (Å²) in [4.78, 5) is 0. The predicted molar refractivity (Wildman–Crippen MR) is 135 cm³/mol. The van der Waals surface area contributed by atoms with Gasteiger partial charge >= 0.3 is 249 Å². The molecule has 0 spiro atoms. The quantitative estimate of drug-likeness (QED) is 0.0495. The zero-order chi connectivity index (χ0) is 33.6. The van der Waals surface area contributed by atoms with Crippen molar-refractivity contribution in [1.82, 2.24) is 0 Å². The van der Waals surface area contributed by atoms with Crippen LogP contribution in [0.2, 0.25) is 0 Å². The Kier molecular flexibility index (Phi) is 18.1. The summed E-state index contributed by atoms with van der Waals surface area (Å²) in [6.07, 6.45) is 5.36. The average molecular weight is 771 g/mol. The van der Waals surface area contributed by atoms with Crippen LogP contribution in [0.15, 0.2) is 0 Å². The van der Waals surface area contributed by atoms with Crippen molar-refractivity contribution in [3.63, 3.8) is 0 Å². The Balaban J connectivity index is 6.72. The minimum atomic E-state index is -9.52. The van der Waals surface area contributed by atoms with E-state index in [2.05, 4.69) is 6.15 Å².